The van der Waals surface area contributed by atoms with E-state index >= 15 is 0 Å². The van der Waals surface area contributed by atoms with Crippen molar-refractivity contribution >= 4 is 80.4 Å². The fraction of sp³-hybridized carbons (Fsp3) is 0. The van der Waals surface area contributed by atoms with Crippen LogP contribution in [0.15, 0.2) is 164 Å². The third kappa shape index (κ3) is 3.97. The van der Waals surface area contributed by atoms with E-state index in [0.29, 0.717) is 0 Å². The van der Waals surface area contributed by atoms with Gasteiger partial charge in [0.05, 0.1) is 27.9 Å². The van der Waals surface area contributed by atoms with E-state index in [1.807, 2.05) is 35.6 Å². The number of thiophene rings is 1. The molecule has 0 radical (unpaired) electrons. The highest BCUT2D eigenvalue weighted by atomic mass is 32.1. The molecule has 7 aromatic carbocycles. The standard InChI is InChI=1S/C46H27N3S/c1-3-12-28(13-4-1)37-27-38(48-46(47-37)29-14-5-2-6-15-29)30-22-24-40-36(26-30)35-23-25-42-44-43-34(19-11-21-41(43)50-42)32-17-8-7-16-31(32)33-18-9-10-20-39(33)49(40)45(35)44/h1-27H. The highest BCUT2D eigenvalue weighted by Gasteiger charge is 2.20. The second-order valence-electron chi connectivity index (χ2n) is 12.9. The molecule has 11 aromatic rings. The van der Waals surface area contributed by atoms with Crippen LogP contribution in [-0.4, -0.2) is 14.4 Å². The van der Waals surface area contributed by atoms with Gasteiger partial charge in [-0.05, 0) is 52.6 Å². The molecule has 50 heavy (non-hydrogen) atoms. The van der Waals surface area contributed by atoms with Crippen LogP contribution in [0.5, 0.6) is 0 Å². The molecule has 0 saturated heterocycles. The number of nitrogens with zero attached hydrogens (tertiary/aromatic N) is 3. The minimum atomic E-state index is 0.721. The van der Waals surface area contributed by atoms with E-state index in [0.717, 1.165) is 33.9 Å². The number of fused-ring (bicyclic) bond motifs is 8. The molecule has 4 heteroatoms. The van der Waals surface area contributed by atoms with E-state index in [2.05, 4.69) is 144 Å². The summed E-state index contributed by atoms with van der Waals surface area (Å²) in [5.41, 5.74) is 8.57. The van der Waals surface area contributed by atoms with Crippen LogP contribution in [-0.2, 0) is 0 Å². The Kier molecular flexibility index (Phi) is 5.83. The molecule has 0 bridgehead atoms. The van der Waals surface area contributed by atoms with Crippen LogP contribution in [0, 0.1) is 0 Å². The lowest BCUT2D eigenvalue weighted by Crippen LogP contribution is -1.95. The predicted molar refractivity (Wildman–Crippen MR) is 212 cm³/mol. The summed E-state index contributed by atoms with van der Waals surface area (Å²) in [4.78, 5) is 10.2. The Bertz CT molecular complexity index is 3070. The summed E-state index contributed by atoms with van der Waals surface area (Å²) < 4.78 is 5.13. The van der Waals surface area contributed by atoms with Gasteiger partial charge >= 0.3 is 0 Å². The van der Waals surface area contributed by atoms with Crippen molar-refractivity contribution in [2.75, 3.05) is 0 Å². The topological polar surface area (TPSA) is 30.2 Å². The first-order valence-electron chi connectivity index (χ1n) is 16.9. The predicted octanol–water partition coefficient (Wildman–Crippen LogP) is 12.7. The number of hydrogen-bond donors (Lipinski definition) is 0. The molecule has 0 atom stereocenters. The number of aromatic nitrogens is 3. The van der Waals surface area contributed by atoms with Crippen LogP contribution in [0.1, 0.15) is 0 Å². The second kappa shape index (κ2) is 10.6. The molecule has 232 valence electrons. The second-order valence-corrected chi connectivity index (χ2v) is 14.0. The fourth-order valence-electron chi connectivity index (χ4n) is 7.96. The van der Waals surface area contributed by atoms with Crippen molar-refractivity contribution in [3.8, 4) is 33.9 Å². The van der Waals surface area contributed by atoms with E-state index in [1.165, 1.54) is 69.0 Å². The summed E-state index contributed by atoms with van der Waals surface area (Å²) in [5.74, 6) is 0.721. The molecule has 4 aromatic heterocycles. The molecule has 4 heterocycles. The Morgan fingerprint density at radius 1 is 0.380 bits per heavy atom. The Morgan fingerprint density at radius 3 is 1.80 bits per heavy atom. The van der Waals surface area contributed by atoms with Crippen LogP contribution in [0.3, 0.4) is 0 Å². The monoisotopic (exact) mass is 653 g/mol. The smallest absolute Gasteiger partial charge is 0.160 e. The Balaban J connectivity index is 1.30. The molecule has 0 N–H and O–H groups in total. The van der Waals surface area contributed by atoms with E-state index < -0.39 is 0 Å². The summed E-state index contributed by atoms with van der Waals surface area (Å²) in [5, 5.41) is 10.1. The highest BCUT2D eigenvalue weighted by molar-refractivity contribution is 7.26. The maximum Gasteiger partial charge on any atom is 0.160 e. The summed E-state index contributed by atoms with van der Waals surface area (Å²) >= 11 is 1.88. The minimum Gasteiger partial charge on any atom is -0.308 e. The molecule has 0 spiro atoms. The van der Waals surface area contributed by atoms with Gasteiger partial charge in [0, 0.05) is 53.0 Å². The van der Waals surface area contributed by atoms with Gasteiger partial charge in [-0.3, -0.25) is 0 Å². The van der Waals surface area contributed by atoms with Crippen LogP contribution in [0.4, 0.5) is 0 Å². The maximum absolute atomic E-state index is 5.18. The van der Waals surface area contributed by atoms with Crippen molar-refractivity contribution in [1.29, 1.82) is 0 Å². The third-order valence-electron chi connectivity index (χ3n) is 10.2. The van der Waals surface area contributed by atoms with Gasteiger partial charge in [0.1, 0.15) is 0 Å². The molecule has 3 nitrogen and oxygen atoms in total. The lowest BCUT2D eigenvalue weighted by Gasteiger charge is -2.10. The van der Waals surface area contributed by atoms with Crippen molar-refractivity contribution in [3.63, 3.8) is 0 Å². The number of rotatable bonds is 3. The molecule has 0 saturated carbocycles. The average Bonchev–Trinajstić information content (AvgIpc) is 3.74. The molecular formula is C46H27N3S. The number of para-hydroxylation sites is 1. The van der Waals surface area contributed by atoms with Crippen LogP contribution in [0.25, 0.3) is 103 Å². The van der Waals surface area contributed by atoms with Gasteiger partial charge in [-0.2, -0.15) is 0 Å². The molecule has 0 aliphatic heterocycles. The van der Waals surface area contributed by atoms with Gasteiger partial charge < -0.3 is 4.40 Å². The molecule has 0 unspecified atom stereocenters. The Labute approximate surface area is 291 Å². The lowest BCUT2D eigenvalue weighted by atomic mass is 10.0. The van der Waals surface area contributed by atoms with E-state index in [1.54, 1.807) is 0 Å². The first-order valence-corrected chi connectivity index (χ1v) is 17.7. The number of benzene rings is 7. The highest BCUT2D eigenvalue weighted by Crippen LogP contribution is 2.46. The average molecular weight is 654 g/mol. The minimum absolute atomic E-state index is 0.721. The number of hydrogen-bond acceptors (Lipinski definition) is 3. The molecular weight excluding hydrogens is 627 g/mol. The Hall–Kier alpha value is -6.36. The third-order valence-corrected chi connectivity index (χ3v) is 11.3. The molecule has 11 rings (SSSR count). The van der Waals surface area contributed by atoms with Crippen molar-refractivity contribution in [1.82, 2.24) is 14.4 Å². The molecule has 0 amide bonds. The van der Waals surface area contributed by atoms with Crippen LogP contribution < -0.4 is 0 Å². The summed E-state index contributed by atoms with van der Waals surface area (Å²) in [6, 6.07) is 58.8. The first kappa shape index (κ1) is 27.6. The van der Waals surface area contributed by atoms with Crippen molar-refractivity contribution in [2.24, 2.45) is 0 Å². The zero-order chi connectivity index (χ0) is 32.8. The van der Waals surface area contributed by atoms with Crippen molar-refractivity contribution in [2.45, 2.75) is 0 Å². The lowest BCUT2D eigenvalue weighted by molar-refractivity contribution is 1.18. The summed E-state index contributed by atoms with van der Waals surface area (Å²) in [6.45, 7) is 0. The molecule has 0 aliphatic carbocycles. The normalized spacial score (nSPS) is 12.0. The van der Waals surface area contributed by atoms with Crippen LogP contribution >= 0.6 is 11.3 Å². The van der Waals surface area contributed by atoms with Gasteiger partial charge in [-0.15, -0.1) is 11.3 Å². The van der Waals surface area contributed by atoms with E-state index in [9.17, 15) is 0 Å². The van der Waals surface area contributed by atoms with Gasteiger partial charge in [-0.1, -0.05) is 127 Å². The zero-order valence-corrected chi connectivity index (χ0v) is 27.7. The largest absolute Gasteiger partial charge is 0.308 e. The zero-order valence-electron chi connectivity index (χ0n) is 26.8. The van der Waals surface area contributed by atoms with E-state index in [-0.39, 0.29) is 0 Å². The first-order chi connectivity index (χ1) is 24.8. The van der Waals surface area contributed by atoms with Crippen molar-refractivity contribution in [3.05, 3.63) is 164 Å². The van der Waals surface area contributed by atoms with E-state index in [4.69, 9.17) is 9.97 Å². The van der Waals surface area contributed by atoms with Gasteiger partial charge in [0.25, 0.3) is 0 Å². The van der Waals surface area contributed by atoms with Gasteiger partial charge in [0.15, 0.2) is 5.82 Å². The molecule has 0 aliphatic rings. The summed E-state index contributed by atoms with van der Waals surface area (Å²) in [7, 11) is 0. The maximum atomic E-state index is 5.18. The SMILES string of the molecule is c1ccc(-c2cc(-c3ccc4c(c3)c3ccc5sc6cccc7c8ccccc8c8ccccc8n4c3c5c67)nc(-c3ccccc3)n2)cc1. The van der Waals surface area contributed by atoms with Crippen molar-refractivity contribution < 1.29 is 0 Å². The Morgan fingerprint density at radius 2 is 1.00 bits per heavy atom. The molecule has 0 fully saturated rings. The van der Waals surface area contributed by atoms with Gasteiger partial charge in [0.2, 0.25) is 0 Å². The van der Waals surface area contributed by atoms with Gasteiger partial charge in [-0.25, -0.2) is 9.97 Å². The fourth-order valence-corrected chi connectivity index (χ4v) is 9.09. The quantitative estimate of drug-likeness (QED) is 0.190. The van der Waals surface area contributed by atoms with Crippen LogP contribution in [0.2, 0.25) is 0 Å². The summed E-state index contributed by atoms with van der Waals surface area (Å²) in [6.07, 6.45) is 0.